The third-order valence-electron chi connectivity index (χ3n) is 5.45. The molecule has 128 valence electrons. The molecule has 25 heavy (non-hydrogen) atoms. The zero-order valence-corrected chi connectivity index (χ0v) is 14.3. The van der Waals surface area contributed by atoms with E-state index in [1.807, 2.05) is 30.3 Å². The van der Waals surface area contributed by atoms with Gasteiger partial charge in [0.25, 0.3) is 5.91 Å². The van der Waals surface area contributed by atoms with Crippen molar-refractivity contribution in [3.63, 3.8) is 0 Å². The van der Waals surface area contributed by atoms with Crippen LogP contribution in [0.5, 0.6) is 0 Å². The highest BCUT2D eigenvalue weighted by Crippen LogP contribution is 2.16. The van der Waals surface area contributed by atoms with Gasteiger partial charge in [0, 0.05) is 18.5 Å². The highest BCUT2D eigenvalue weighted by Gasteiger charge is 2.45. The average molecular weight is 335 g/mol. The van der Waals surface area contributed by atoms with Crippen molar-refractivity contribution in [3.8, 4) is 0 Å². The molecule has 1 unspecified atom stereocenters. The van der Waals surface area contributed by atoms with Crippen molar-refractivity contribution >= 4 is 11.8 Å². The van der Waals surface area contributed by atoms with Gasteiger partial charge in [0.15, 0.2) is 6.04 Å². The molecular formula is C21H23N2O2+. The minimum atomic E-state index is -0.211. The van der Waals surface area contributed by atoms with E-state index >= 15 is 0 Å². The van der Waals surface area contributed by atoms with E-state index in [1.54, 1.807) is 0 Å². The first-order chi connectivity index (χ1) is 12.2. The molecule has 2 atom stereocenters. The fraction of sp³-hybridized carbons (Fsp3) is 0.333. The van der Waals surface area contributed by atoms with E-state index in [0.29, 0.717) is 13.0 Å². The quantitative estimate of drug-likeness (QED) is 0.847. The lowest BCUT2D eigenvalue weighted by Crippen LogP contribution is -3.16. The topological polar surface area (TPSA) is 41.8 Å². The van der Waals surface area contributed by atoms with E-state index in [2.05, 4.69) is 24.3 Å². The highest BCUT2D eigenvalue weighted by atomic mass is 16.2. The lowest BCUT2D eigenvalue weighted by Gasteiger charge is -2.29. The number of quaternary nitrogens is 1. The number of hydrogen-bond acceptors (Lipinski definition) is 2. The summed E-state index contributed by atoms with van der Waals surface area (Å²) in [6.45, 7) is 2.25. The summed E-state index contributed by atoms with van der Waals surface area (Å²) in [5.41, 5.74) is 3.85. The lowest BCUT2D eigenvalue weighted by atomic mass is 9.98. The summed E-state index contributed by atoms with van der Waals surface area (Å²) in [5.74, 6) is -0.00685. The number of likely N-dealkylation sites (tertiary alicyclic amines) is 1. The molecule has 2 aliphatic rings. The predicted molar refractivity (Wildman–Crippen MR) is 95.0 cm³/mol. The molecule has 1 saturated heterocycles. The smallest absolute Gasteiger partial charge is 0.288 e. The van der Waals surface area contributed by atoms with Gasteiger partial charge in [-0.05, 0) is 17.5 Å². The summed E-state index contributed by atoms with van der Waals surface area (Å²) in [5, 5.41) is 0. The first-order valence-electron chi connectivity index (χ1n) is 9.02. The summed E-state index contributed by atoms with van der Waals surface area (Å²) in [6.07, 6.45) is 2.06. The molecule has 2 aliphatic heterocycles. The molecule has 2 amide bonds. The van der Waals surface area contributed by atoms with Crippen LogP contribution in [0.2, 0.25) is 0 Å². The monoisotopic (exact) mass is 335 g/mol. The number of carbonyl (C=O) groups is 2. The molecule has 0 saturated carbocycles. The number of imide groups is 1. The van der Waals surface area contributed by atoms with Crippen LogP contribution in [0.25, 0.3) is 0 Å². The van der Waals surface area contributed by atoms with Crippen molar-refractivity contribution in [2.24, 2.45) is 0 Å². The van der Waals surface area contributed by atoms with E-state index in [1.165, 1.54) is 20.9 Å². The van der Waals surface area contributed by atoms with Gasteiger partial charge in [-0.15, -0.1) is 0 Å². The molecule has 0 aliphatic carbocycles. The molecule has 0 spiro atoms. The van der Waals surface area contributed by atoms with Crippen LogP contribution in [0.15, 0.2) is 54.6 Å². The number of hydrogen-bond donors (Lipinski definition) is 1. The Morgan fingerprint density at radius 3 is 2.48 bits per heavy atom. The number of amides is 2. The molecule has 2 aromatic rings. The molecule has 0 radical (unpaired) electrons. The van der Waals surface area contributed by atoms with Crippen LogP contribution in [-0.2, 0) is 29.0 Å². The molecule has 4 heteroatoms. The van der Waals surface area contributed by atoms with Gasteiger partial charge in [0.05, 0.1) is 13.0 Å². The summed E-state index contributed by atoms with van der Waals surface area (Å²) in [4.78, 5) is 27.9. The zero-order valence-electron chi connectivity index (χ0n) is 14.3. The van der Waals surface area contributed by atoms with Crippen molar-refractivity contribution in [1.82, 2.24) is 4.90 Å². The average Bonchev–Trinajstić information content (AvgIpc) is 2.94. The Bertz CT molecular complexity index is 787. The minimum absolute atomic E-state index is 0.00955. The molecule has 2 heterocycles. The second-order valence-electron chi connectivity index (χ2n) is 6.98. The lowest BCUT2D eigenvalue weighted by molar-refractivity contribution is -0.930. The van der Waals surface area contributed by atoms with Gasteiger partial charge in [-0.3, -0.25) is 14.5 Å². The number of fused-ring (bicyclic) bond motifs is 1. The molecule has 0 bridgehead atoms. The third-order valence-corrected chi connectivity index (χ3v) is 5.45. The number of nitrogens with zero attached hydrogens (tertiary/aromatic N) is 1. The third kappa shape index (κ3) is 3.22. The maximum Gasteiger partial charge on any atom is 0.288 e. The van der Waals surface area contributed by atoms with Gasteiger partial charge >= 0.3 is 0 Å². The van der Waals surface area contributed by atoms with E-state index in [-0.39, 0.29) is 17.9 Å². The van der Waals surface area contributed by atoms with Gasteiger partial charge in [-0.2, -0.15) is 0 Å². The van der Waals surface area contributed by atoms with Crippen LogP contribution >= 0.6 is 0 Å². The zero-order chi connectivity index (χ0) is 17.2. The fourth-order valence-electron chi connectivity index (χ4n) is 4.02. The summed E-state index contributed by atoms with van der Waals surface area (Å²) < 4.78 is 0. The second kappa shape index (κ2) is 6.81. The van der Waals surface area contributed by atoms with Crippen molar-refractivity contribution in [3.05, 3.63) is 71.3 Å². The Balaban J connectivity index is 1.43. The number of benzene rings is 2. The first kappa shape index (κ1) is 16.0. The normalized spacial score (nSPS) is 23.0. The molecule has 2 aromatic carbocycles. The van der Waals surface area contributed by atoms with E-state index in [9.17, 15) is 9.59 Å². The van der Waals surface area contributed by atoms with Crippen LogP contribution in [0.4, 0.5) is 0 Å². The van der Waals surface area contributed by atoms with Gasteiger partial charge in [-0.25, -0.2) is 0 Å². The Morgan fingerprint density at radius 1 is 0.960 bits per heavy atom. The number of nitrogens with one attached hydrogen (secondary N) is 1. The minimum Gasteiger partial charge on any atom is -0.320 e. The molecule has 1 fully saturated rings. The van der Waals surface area contributed by atoms with Gasteiger partial charge in [-0.1, -0.05) is 54.6 Å². The maximum atomic E-state index is 12.8. The number of carbonyl (C=O) groups excluding carboxylic acids is 2. The predicted octanol–water partition coefficient (Wildman–Crippen LogP) is 0.998. The molecule has 0 aromatic heterocycles. The van der Waals surface area contributed by atoms with Crippen LogP contribution in [-0.4, -0.2) is 35.8 Å². The summed E-state index contributed by atoms with van der Waals surface area (Å²) in [6, 6.07) is 18.2. The maximum absolute atomic E-state index is 12.8. The Labute approximate surface area is 148 Å². The largest absolute Gasteiger partial charge is 0.320 e. The first-order valence-corrected chi connectivity index (χ1v) is 9.02. The molecule has 4 rings (SSSR count). The Kier molecular flexibility index (Phi) is 4.36. The van der Waals surface area contributed by atoms with Crippen LogP contribution in [0.1, 0.15) is 23.1 Å². The van der Waals surface area contributed by atoms with Gasteiger partial charge in [0.1, 0.15) is 6.54 Å². The standard InChI is InChI=1S/C21H22N2O2/c24-20-14-19(22-12-11-17-8-4-5-9-18(17)15-22)21(25)23(20)13-10-16-6-2-1-3-7-16/h1-9,19H,10-15H2/p+1/t19-/m0/s1. The summed E-state index contributed by atoms with van der Waals surface area (Å²) >= 11 is 0. The van der Waals surface area contributed by atoms with E-state index in [4.69, 9.17) is 0 Å². The Morgan fingerprint density at radius 2 is 1.68 bits per heavy atom. The van der Waals surface area contributed by atoms with Crippen LogP contribution < -0.4 is 4.90 Å². The van der Waals surface area contributed by atoms with Crippen molar-refractivity contribution in [2.45, 2.75) is 31.8 Å². The van der Waals surface area contributed by atoms with Crippen LogP contribution in [0, 0.1) is 0 Å². The van der Waals surface area contributed by atoms with Gasteiger partial charge in [0.2, 0.25) is 5.91 Å². The molecule has 4 nitrogen and oxygen atoms in total. The highest BCUT2D eigenvalue weighted by molar-refractivity contribution is 6.04. The van der Waals surface area contributed by atoms with Gasteiger partial charge < -0.3 is 4.90 Å². The van der Waals surface area contributed by atoms with Crippen LogP contribution in [0.3, 0.4) is 0 Å². The fourth-order valence-corrected chi connectivity index (χ4v) is 4.02. The molecule has 1 N–H and O–H groups in total. The van der Waals surface area contributed by atoms with Crippen molar-refractivity contribution in [2.75, 3.05) is 13.1 Å². The second-order valence-corrected chi connectivity index (χ2v) is 6.98. The van der Waals surface area contributed by atoms with Crippen molar-refractivity contribution in [1.29, 1.82) is 0 Å². The molecular weight excluding hydrogens is 312 g/mol. The van der Waals surface area contributed by atoms with E-state index in [0.717, 1.165) is 31.5 Å². The Hall–Kier alpha value is -2.46. The van der Waals surface area contributed by atoms with Crippen molar-refractivity contribution < 1.29 is 14.5 Å². The SMILES string of the molecule is O=C1C[C@H]([NH+]2CCc3ccccc3C2)C(=O)N1CCc1ccccc1. The summed E-state index contributed by atoms with van der Waals surface area (Å²) in [7, 11) is 0. The van der Waals surface area contributed by atoms with E-state index < -0.39 is 0 Å². The number of rotatable bonds is 4.